The van der Waals surface area contributed by atoms with Crippen LogP contribution in [-0.4, -0.2) is 139 Å². The van der Waals surface area contributed by atoms with Gasteiger partial charge in [-0.3, -0.25) is 49.0 Å². The highest BCUT2D eigenvalue weighted by Crippen LogP contribution is 2.17. The fourth-order valence-corrected chi connectivity index (χ4v) is 9.88. The van der Waals surface area contributed by atoms with Gasteiger partial charge in [-0.25, -0.2) is 5.01 Å². The summed E-state index contributed by atoms with van der Waals surface area (Å²) >= 11 is 0. The molecule has 0 radical (unpaired) electrons. The lowest BCUT2D eigenvalue weighted by molar-refractivity contribution is -0.167. The van der Waals surface area contributed by atoms with Crippen molar-refractivity contribution >= 4 is 53.5 Å². The minimum Gasteiger partial charge on any atom is -0.481 e. The summed E-state index contributed by atoms with van der Waals surface area (Å²) in [6.07, 6.45) is 35.4. The molecule has 0 aliphatic carbocycles. The number of carbonyl (C=O) groups is 9. The summed E-state index contributed by atoms with van der Waals surface area (Å²) in [5.74, 6) is -0.708. The molecule has 0 rings (SSSR count). The summed E-state index contributed by atoms with van der Waals surface area (Å²) < 4.78 is 16.6. The molecule has 0 aliphatic heterocycles. The third kappa shape index (κ3) is 55.7. The summed E-state index contributed by atoms with van der Waals surface area (Å²) in [7, 11) is 0. The second-order valence-corrected chi connectivity index (χ2v) is 23.4. The smallest absolute Gasteiger partial charge is 0.306 e. The van der Waals surface area contributed by atoms with E-state index in [0.29, 0.717) is 52.0 Å². The number of nitrogens with two attached hydrogens (primary N) is 1. The van der Waals surface area contributed by atoms with Crippen LogP contribution in [0, 0.1) is 0 Å². The van der Waals surface area contributed by atoms with Gasteiger partial charge < -0.3 is 51.0 Å². The number of carboxylic acid groups (broad SMARTS) is 2. The molecule has 4 amide bonds. The van der Waals surface area contributed by atoms with Gasteiger partial charge >= 0.3 is 29.8 Å². The van der Waals surface area contributed by atoms with Crippen LogP contribution in [0.15, 0.2) is 0 Å². The molecule has 0 heterocycles. The monoisotopic (exact) mass is 1220 g/mol. The van der Waals surface area contributed by atoms with Crippen LogP contribution in [0.5, 0.6) is 0 Å². The van der Waals surface area contributed by atoms with Gasteiger partial charge in [-0.05, 0) is 64.5 Å². The first-order chi connectivity index (χ1) is 41.6. The lowest BCUT2D eigenvalue weighted by Crippen LogP contribution is -2.54. The molecule has 21 nitrogen and oxygen atoms in total. The van der Waals surface area contributed by atoms with Gasteiger partial charge in [0.25, 0.3) is 0 Å². The van der Waals surface area contributed by atoms with Crippen molar-refractivity contribution in [2.75, 3.05) is 52.5 Å². The number of hydrogen-bond acceptors (Lipinski definition) is 15. The standard InChI is InChI=1S/C65H121N7O14/c1-4-6-8-10-12-14-16-18-20-22-24-26-28-30-32-38-61(79)84-52-55(86-63(81)39-33-31-29-27-25-23-21-19-17-15-13-11-9-7-5-2)53-85-62(80)45-42-58(74)70-57(41-44-60(77)78)65(83)71-56(40-43-59(75)76)64(82)69-48-36-47-67-46-34-35-50-72(66)51-37-49-68-54(3)73/h55-57,67H,4-53,66H2,1-3H3,(H,68,73)(H,69,82)(H,70,74)(H,71,83)(H,75,76)(H,77,78). The maximum atomic E-state index is 13.5. The highest BCUT2D eigenvalue weighted by Gasteiger charge is 2.28. The average molecular weight is 1220 g/mol. The second kappa shape index (κ2) is 59.1. The number of esters is 3. The first kappa shape index (κ1) is 81.1. The number of rotatable bonds is 63. The van der Waals surface area contributed by atoms with Crippen molar-refractivity contribution < 1.29 is 67.6 Å². The fraction of sp³-hybridized carbons (Fsp3) is 0.862. The number of hydrogen-bond donors (Lipinski definition) is 8. The number of carboxylic acids is 2. The van der Waals surface area contributed by atoms with Crippen molar-refractivity contribution in [2.24, 2.45) is 5.84 Å². The van der Waals surface area contributed by atoms with Gasteiger partial charge in [-0.1, -0.05) is 194 Å². The Balaban J connectivity index is 5.20. The van der Waals surface area contributed by atoms with Crippen LogP contribution in [0.3, 0.4) is 0 Å². The predicted molar refractivity (Wildman–Crippen MR) is 337 cm³/mol. The van der Waals surface area contributed by atoms with Crippen LogP contribution in [0.2, 0.25) is 0 Å². The molecular formula is C65H121N7O14. The van der Waals surface area contributed by atoms with Crippen molar-refractivity contribution in [3.63, 3.8) is 0 Å². The van der Waals surface area contributed by atoms with Crippen LogP contribution in [0.4, 0.5) is 0 Å². The zero-order valence-electron chi connectivity index (χ0n) is 53.9. The van der Waals surface area contributed by atoms with Crippen molar-refractivity contribution in [3.8, 4) is 0 Å². The molecule has 0 saturated carbocycles. The molecule has 0 aromatic rings. The third-order valence-corrected chi connectivity index (χ3v) is 15.1. The van der Waals surface area contributed by atoms with E-state index in [4.69, 9.17) is 20.1 Å². The Kier molecular flexibility index (Phi) is 55.7. The summed E-state index contributed by atoms with van der Waals surface area (Å²) in [5.41, 5.74) is 0. The van der Waals surface area contributed by atoms with E-state index in [0.717, 1.165) is 57.8 Å². The molecule has 3 atom stereocenters. The average Bonchev–Trinajstić information content (AvgIpc) is 3.63. The Morgan fingerprint density at radius 1 is 0.407 bits per heavy atom. The van der Waals surface area contributed by atoms with E-state index in [1.165, 1.54) is 148 Å². The summed E-state index contributed by atoms with van der Waals surface area (Å²) in [5, 5.41) is 34.1. The predicted octanol–water partition coefficient (Wildman–Crippen LogP) is 10.6. The minimum atomic E-state index is -1.45. The van der Waals surface area contributed by atoms with Gasteiger partial charge in [0, 0.05) is 65.2 Å². The number of hydrazine groups is 1. The Bertz CT molecular complexity index is 1780. The van der Waals surface area contributed by atoms with Crippen LogP contribution < -0.4 is 32.4 Å². The zero-order valence-corrected chi connectivity index (χ0v) is 53.9. The molecule has 0 saturated heterocycles. The number of ether oxygens (including phenoxy) is 3. The van der Waals surface area contributed by atoms with E-state index in [2.05, 4.69) is 40.4 Å². The van der Waals surface area contributed by atoms with E-state index in [1.807, 2.05) is 0 Å². The molecule has 0 aromatic carbocycles. The van der Waals surface area contributed by atoms with Crippen LogP contribution in [0.25, 0.3) is 0 Å². The van der Waals surface area contributed by atoms with Crippen LogP contribution >= 0.6 is 0 Å². The Morgan fingerprint density at radius 2 is 0.802 bits per heavy atom. The minimum absolute atomic E-state index is 0.0796. The number of carbonyl (C=O) groups excluding carboxylic acids is 7. The van der Waals surface area contributed by atoms with E-state index in [9.17, 15) is 53.4 Å². The number of nitrogens with zero attached hydrogens (tertiary/aromatic N) is 1. The summed E-state index contributed by atoms with van der Waals surface area (Å²) in [4.78, 5) is 113. The summed E-state index contributed by atoms with van der Waals surface area (Å²) in [6, 6.07) is -2.77. The molecule has 500 valence electrons. The van der Waals surface area contributed by atoms with Crippen LogP contribution in [0.1, 0.15) is 290 Å². The normalized spacial score (nSPS) is 12.2. The van der Waals surface area contributed by atoms with Gasteiger partial charge in [0.05, 0.1) is 6.42 Å². The molecule has 3 unspecified atom stereocenters. The number of unbranched alkanes of at least 4 members (excludes halogenated alkanes) is 29. The van der Waals surface area contributed by atoms with E-state index in [1.54, 1.807) is 5.01 Å². The maximum absolute atomic E-state index is 13.5. The number of aliphatic carboxylic acids is 2. The Morgan fingerprint density at radius 3 is 1.26 bits per heavy atom. The molecule has 0 bridgehead atoms. The number of amides is 4. The number of nitrogens with one attached hydrogen (secondary N) is 5. The van der Waals surface area contributed by atoms with Crippen molar-refractivity contribution in [1.82, 2.24) is 31.6 Å². The zero-order chi connectivity index (χ0) is 63.5. The lowest BCUT2D eigenvalue weighted by atomic mass is 10.0. The van der Waals surface area contributed by atoms with Crippen LogP contribution in [-0.2, 0) is 57.4 Å². The molecule has 21 heteroatoms. The fourth-order valence-electron chi connectivity index (χ4n) is 9.88. The summed E-state index contributed by atoms with van der Waals surface area (Å²) in [6.45, 7) is 8.59. The van der Waals surface area contributed by atoms with Gasteiger partial charge in [0.2, 0.25) is 23.6 Å². The van der Waals surface area contributed by atoms with E-state index >= 15 is 0 Å². The molecule has 0 aliphatic rings. The Labute approximate surface area is 517 Å². The first-order valence-corrected chi connectivity index (χ1v) is 33.8. The molecule has 0 fully saturated rings. The van der Waals surface area contributed by atoms with Crippen molar-refractivity contribution in [3.05, 3.63) is 0 Å². The van der Waals surface area contributed by atoms with E-state index in [-0.39, 0.29) is 44.7 Å². The second-order valence-electron chi connectivity index (χ2n) is 23.4. The molecule has 86 heavy (non-hydrogen) atoms. The third-order valence-electron chi connectivity index (χ3n) is 15.1. The van der Waals surface area contributed by atoms with Gasteiger partial charge in [-0.15, -0.1) is 0 Å². The Hall–Kier alpha value is -4.89. The molecule has 0 aromatic heterocycles. The molecular weight excluding hydrogens is 1100 g/mol. The highest BCUT2D eigenvalue weighted by molar-refractivity contribution is 5.93. The first-order valence-electron chi connectivity index (χ1n) is 33.8. The lowest BCUT2D eigenvalue weighted by Gasteiger charge is -2.23. The maximum Gasteiger partial charge on any atom is 0.306 e. The molecule has 0 spiro atoms. The van der Waals surface area contributed by atoms with Crippen molar-refractivity contribution in [2.45, 2.75) is 309 Å². The SMILES string of the molecule is CCCCCCCCCCCCCCCCCC(=O)OCC(COC(=O)CCC(=O)NC(CCC(=O)O)C(=O)NC(CCC(=O)O)C(=O)NCCCNCCCCN(N)CCCNC(C)=O)OC(=O)CCCCCCCCCCCCCCCCC. The van der Waals surface area contributed by atoms with Gasteiger partial charge in [0.1, 0.15) is 25.3 Å². The van der Waals surface area contributed by atoms with Gasteiger partial charge in [0.15, 0.2) is 6.10 Å². The topological polar surface area (TPSA) is 311 Å². The van der Waals surface area contributed by atoms with Gasteiger partial charge in [-0.2, -0.15) is 0 Å². The highest BCUT2D eigenvalue weighted by atomic mass is 16.6. The largest absolute Gasteiger partial charge is 0.481 e. The van der Waals surface area contributed by atoms with E-state index < -0.39 is 98.0 Å². The van der Waals surface area contributed by atoms with Crippen molar-refractivity contribution in [1.29, 1.82) is 0 Å². The molecule has 9 N–H and O–H groups in total. The quantitative estimate of drug-likeness (QED) is 0.00922.